The third-order valence-corrected chi connectivity index (χ3v) is 4.15. The van der Waals surface area contributed by atoms with E-state index < -0.39 is 5.97 Å². The molecule has 0 aliphatic carbocycles. The number of aryl methyl sites for hydroxylation is 1. The zero-order chi connectivity index (χ0) is 14.5. The van der Waals surface area contributed by atoms with Gasteiger partial charge in [-0.15, -0.1) is 11.3 Å². The Kier molecular flexibility index (Phi) is 4.74. The minimum Gasteiger partial charge on any atom is -0.481 e. The molecule has 9 heteroatoms. The lowest BCUT2D eigenvalue weighted by atomic mass is 10.3. The number of hydrogen-bond donors (Lipinski definition) is 2. The van der Waals surface area contributed by atoms with E-state index in [9.17, 15) is 9.59 Å². The molecule has 2 rings (SSSR count). The Labute approximate surface area is 122 Å². The van der Waals surface area contributed by atoms with Gasteiger partial charge < -0.3 is 9.63 Å². The molecule has 0 unspecified atom stereocenters. The van der Waals surface area contributed by atoms with Crippen LogP contribution in [0.3, 0.4) is 0 Å². The second-order valence-corrected chi connectivity index (χ2v) is 5.93. The van der Waals surface area contributed by atoms with Gasteiger partial charge in [0.25, 0.3) is 0 Å². The number of nitrogens with zero attached hydrogens (tertiary/aromatic N) is 2. The van der Waals surface area contributed by atoms with E-state index in [2.05, 4.69) is 15.5 Å². The molecule has 0 saturated heterocycles. The minimum absolute atomic E-state index is 0.111. The van der Waals surface area contributed by atoms with Gasteiger partial charge >= 0.3 is 5.97 Å². The summed E-state index contributed by atoms with van der Waals surface area (Å²) in [5.74, 6) is -0.690. The molecule has 0 radical (unpaired) electrons. The van der Waals surface area contributed by atoms with Crippen LogP contribution in [-0.2, 0) is 16.0 Å². The first-order chi connectivity index (χ1) is 9.52. The number of aromatic nitrogens is 2. The quantitative estimate of drug-likeness (QED) is 0.783. The van der Waals surface area contributed by atoms with Crippen LogP contribution in [0.1, 0.15) is 11.4 Å². The topological polar surface area (TPSA) is 105 Å². The van der Waals surface area contributed by atoms with Gasteiger partial charge in [-0.25, -0.2) is 4.98 Å². The molecule has 2 aromatic heterocycles. The number of carbonyl (C=O) groups is 2. The van der Waals surface area contributed by atoms with Crippen molar-refractivity contribution in [1.29, 1.82) is 0 Å². The molecule has 2 heterocycles. The van der Waals surface area contributed by atoms with Gasteiger partial charge in [-0.05, 0) is 6.92 Å². The number of rotatable bonds is 6. The fraction of sp³-hybridized carbons (Fsp3) is 0.273. The summed E-state index contributed by atoms with van der Waals surface area (Å²) in [4.78, 5) is 26.3. The summed E-state index contributed by atoms with van der Waals surface area (Å²) >= 11 is 2.56. The van der Waals surface area contributed by atoms with Crippen molar-refractivity contribution in [3.8, 4) is 0 Å². The van der Waals surface area contributed by atoms with Gasteiger partial charge in [0.05, 0.1) is 23.6 Å². The summed E-state index contributed by atoms with van der Waals surface area (Å²) in [6, 6.07) is 1.62. The van der Waals surface area contributed by atoms with E-state index in [1.165, 1.54) is 23.1 Å². The highest BCUT2D eigenvalue weighted by Crippen LogP contribution is 2.23. The molecule has 7 nitrogen and oxygen atoms in total. The molecule has 0 atom stereocenters. The summed E-state index contributed by atoms with van der Waals surface area (Å²) in [5.41, 5.74) is 1.18. The van der Waals surface area contributed by atoms with E-state index in [1.807, 2.05) is 0 Å². The van der Waals surface area contributed by atoms with Crippen molar-refractivity contribution in [2.24, 2.45) is 0 Å². The van der Waals surface area contributed by atoms with Crippen molar-refractivity contribution < 1.29 is 19.2 Å². The number of aliphatic carboxylic acids is 1. The molecule has 0 aromatic carbocycles. The third-order valence-electron chi connectivity index (χ3n) is 2.08. The number of thioether (sulfide) groups is 1. The van der Waals surface area contributed by atoms with Crippen molar-refractivity contribution in [3.63, 3.8) is 0 Å². The number of thiazole rings is 1. The van der Waals surface area contributed by atoms with Crippen LogP contribution in [0.2, 0.25) is 0 Å². The highest BCUT2D eigenvalue weighted by molar-refractivity contribution is 8.01. The van der Waals surface area contributed by atoms with E-state index in [0.29, 0.717) is 21.6 Å². The van der Waals surface area contributed by atoms with Crippen molar-refractivity contribution >= 4 is 40.9 Å². The Morgan fingerprint density at radius 2 is 2.35 bits per heavy atom. The van der Waals surface area contributed by atoms with Crippen molar-refractivity contribution in [2.75, 3.05) is 11.1 Å². The Bertz CT molecular complexity index is 623. The first-order valence-corrected chi connectivity index (χ1v) is 7.41. The summed E-state index contributed by atoms with van der Waals surface area (Å²) in [7, 11) is 0. The largest absolute Gasteiger partial charge is 0.481 e. The van der Waals surface area contributed by atoms with Crippen LogP contribution < -0.4 is 5.32 Å². The second kappa shape index (κ2) is 6.53. The van der Waals surface area contributed by atoms with Crippen LogP contribution in [0.15, 0.2) is 20.3 Å². The molecular weight excluding hydrogens is 302 g/mol. The number of nitrogens with one attached hydrogen (secondary N) is 1. The van der Waals surface area contributed by atoms with E-state index in [-0.39, 0.29) is 18.1 Å². The monoisotopic (exact) mass is 313 g/mol. The Morgan fingerprint density at radius 3 is 3.00 bits per heavy atom. The highest BCUT2D eigenvalue weighted by Gasteiger charge is 2.10. The lowest BCUT2D eigenvalue weighted by molar-refractivity contribution is -0.136. The van der Waals surface area contributed by atoms with Crippen LogP contribution in [-0.4, -0.2) is 32.9 Å². The van der Waals surface area contributed by atoms with Crippen LogP contribution in [0.4, 0.5) is 5.88 Å². The summed E-state index contributed by atoms with van der Waals surface area (Å²) < 4.78 is 5.52. The Morgan fingerprint density at radius 1 is 1.55 bits per heavy atom. The van der Waals surface area contributed by atoms with Crippen LogP contribution in [0.25, 0.3) is 0 Å². The summed E-state index contributed by atoms with van der Waals surface area (Å²) in [6.45, 7) is 1.76. The standard InChI is InChI=1S/C11H11N3O4S2/c1-6-2-9(18-14-6)13-8(15)5-20-11-12-7(4-19-11)3-10(16)17/h2,4H,3,5H2,1H3,(H,13,15)(H,16,17). The number of carboxylic acids is 1. The van der Waals surface area contributed by atoms with Crippen molar-refractivity contribution in [1.82, 2.24) is 10.1 Å². The second-order valence-electron chi connectivity index (χ2n) is 3.84. The minimum atomic E-state index is -0.926. The van der Waals surface area contributed by atoms with Gasteiger partial charge in [-0.1, -0.05) is 16.9 Å². The maximum atomic E-state index is 11.6. The van der Waals surface area contributed by atoms with Crippen LogP contribution in [0.5, 0.6) is 0 Å². The lowest BCUT2D eigenvalue weighted by Crippen LogP contribution is -2.13. The number of carboxylic acid groups (broad SMARTS) is 1. The third kappa shape index (κ3) is 4.35. The van der Waals surface area contributed by atoms with E-state index in [1.54, 1.807) is 18.4 Å². The van der Waals surface area contributed by atoms with E-state index in [4.69, 9.17) is 9.63 Å². The normalized spacial score (nSPS) is 10.4. The first kappa shape index (κ1) is 14.5. The van der Waals surface area contributed by atoms with E-state index in [0.717, 1.165) is 0 Å². The Hall–Kier alpha value is -1.87. The average Bonchev–Trinajstić information content (AvgIpc) is 2.96. The lowest BCUT2D eigenvalue weighted by Gasteiger charge is -1.98. The van der Waals surface area contributed by atoms with Crippen LogP contribution >= 0.6 is 23.1 Å². The van der Waals surface area contributed by atoms with Crippen molar-refractivity contribution in [2.45, 2.75) is 17.7 Å². The Balaban J connectivity index is 1.81. The number of anilines is 1. The molecule has 20 heavy (non-hydrogen) atoms. The van der Waals surface area contributed by atoms with Crippen molar-refractivity contribution in [3.05, 3.63) is 22.8 Å². The maximum absolute atomic E-state index is 11.6. The number of carbonyl (C=O) groups excluding carboxylic acids is 1. The van der Waals surface area contributed by atoms with Gasteiger partial charge in [-0.2, -0.15) is 0 Å². The van der Waals surface area contributed by atoms with E-state index >= 15 is 0 Å². The van der Waals surface area contributed by atoms with Gasteiger partial charge in [0.2, 0.25) is 11.8 Å². The fourth-order valence-electron chi connectivity index (χ4n) is 1.31. The maximum Gasteiger partial charge on any atom is 0.309 e. The zero-order valence-electron chi connectivity index (χ0n) is 10.5. The van der Waals surface area contributed by atoms with Crippen LogP contribution in [0, 0.1) is 6.92 Å². The van der Waals surface area contributed by atoms with Gasteiger partial charge in [0.1, 0.15) is 0 Å². The molecule has 0 aliphatic rings. The molecular formula is C11H11N3O4S2. The average molecular weight is 313 g/mol. The molecule has 2 aromatic rings. The predicted octanol–water partition coefficient (Wildman–Crippen LogP) is 1.80. The number of amides is 1. The molecule has 106 valence electrons. The first-order valence-electron chi connectivity index (χ1n) is 5.55. The molecule has 2 N–H and O–H groups in total. The molecule has 0 aliphatic heterocycles. The smallest absolute Gasteiger partial charge is 0.309 e. The van der Waals surface area contributed by atoms with Gasteiger partial charge in [0.15, 0.2) is 4.34 Å². The highest BCUT2D eigenvalue weighted by atomic mass is 32.2. The molecule has 0 saturated carbocycles. The van der Waals surface area contributed by atoms with Gasteiger partial charge in [-0.3, -0.25) is 14.9 Å². The fourth-order valence-corrected chi connectivity index (χ4v) is 2.96. The molecule has 0 spiro atoms. The summed E-state index contributed by atoms with van der Waals surface area (Å²) in [5, 5.41) is 16.5. The SMILES string of the molecule is Cc1cc(NC(=O)CSc2nc(CC(=O)O)cs2)on1. The summed E-state index contributed by atoms with van der Waals surface area (Å²) in [6.07, 6.45) is -0.111. The molecule has 0 bridgehead atoms. The molecule has 1 amide bonds. The molecule has 0 fully saturated rings. The predicted molar refractivity (Wildman–Crippen MR) is 74.0 cm³/mol. The van der Waals surface area contributed by atoms with Gasteiger partial charge in [0, 0.05) is 11.4 Å². The number of hydrogen-bond acceptors (Lipinski definition) is 7. The zero-order valence-corrected chi connectivity index (χ0v) is 12.1.